The molecule has 2 saturated heterocycles. The van der Waals surface area contributed by atoms with Gasteiger partial charge in [-0.25, -0.2) is 4.79 Å². The number of H-pyrrole nitrogens is 1. The third-order valence-electron chi connectivity index (χ3n) is 18.9. The van der Waals surface area contributed by atoms with Crippen LogP contribution in [-0.4, -0.2) is 226 Å². The molecule has 0 aliphatic carbocycles. The maximum atomic E-state index is 14.8. The normalized spacial score (nSPS) is 17.7. The molecule has 2 aliphatic heterocycles. The number of carboxylic acid groups (broad SMARTS) is 1. The van der Waals surface area contributed by atoms with Gasteiger partial charge in [-0.15, -0.1) is 0 Å². The summed E-state index contributed by atoms with van der Waals surface area (Å²) in [6, 6.07) is -7.60. The average Bonchev–Trinajstić information content (AvgIpc) is 1.81. The van der Waals surface area contributed by atoms with Gasteiger partial charge in [0.25, 0.3) is 0 Å². The third-order valence-corrected chi connectivity index (χ3v) is 19.5. The highest BCUT2D eigenvalue weighted by Gasteiger charge is 2.44. The fraction of sp³-hybridized carbons (Fsp3) is 0.671. The van der Waals surface area contributed by atoms with E-state index in [0.717, 1.165) is 10.9 Å². The molecule has 3 heterocycles. The van der Waals surface area contributed by atoms with Gasteiger partial charge in [0.05, 0.1) is 19.0 Å². The zero-order valence-electron chi connectivity index (χ0n) is 62.3. The van der Waals surface area contributed by atoms with Crippen molar-refractivity contribution in [1.82, 2.24) is 68.0 Å². The fourth-order valence-corrected chi connectivity index (χ4v) is 12.9. The standard InChI is InChI=1S/C70H115N19O15S/c1-11-39(7)56(86-59(93)44(72)26-31-105-10)66(100)83-49(33-42-35-77-45-21-14-13-20-43(42)45)61(95)82-48(32-37(3)4)60(94)79-41(9)58(92)87-57(40(8)12-2)68(102)89-30-19-25-52(89)64(98)85-55(38(5)6)65(99)84-50(34-53(73)90)62(96)81-46(22-15-16-27-71)67(101)88-29-18-24-51(88)63(97)78-36-54(91)80-47(69(103)104)23-17-28-76-70(74)75/h13-14,20-21,35,37-41,44,46-52,55-57,77H,11-12,15-19,22-34,36,71-72H2,1-10H3,(H2,73,90)(H,78,97)(H,79,94)(H,80,91)(H,81,96)(H,82,95)(H,83,100)(H,84,99)(H,85,98)(H,86,93)(H,87,92)(H,103,104)(H4,74,75,76)/t39-,40-,41-,44-,46-,47-,48-,49-,50-,51-,52-,55-,56-,57-/m0/s1. The number of unbranched alkanes of at least 4 members (excludes halogenated alkanes) is 1. The first kappa shape index (κ1) is 88.3. The average molecular weight is 1490 g/mol. The van der Waals surface area contributed by atoms with E-state index in [4.69, 9.17) is 28.7 Å². The lowest BCUT2D eigenvalue weighted by Crippen LogP contribution is -2.61. The molecule has 1 aromatic carbocycles. The van der Waals surface area contributed by atoms with Gasteiger partial charge in [0.1, 0.15) is 66.5 Å². The van der Waals surface area contributed by atoms with Crippen molar-refractivity contribution in [2.45, 2.75) is 231 Å². The number of rotatable bonds is 45. The van der Waals surface area contributed by atoms with E-state index in [1.165, 1.54) is 28.5 Å². The number of primary amides is 1. The number of hydrogen-bond donors (Lipinski definition) is 17. The SMILES string of the molecule is CC[C@H](C)[C@H](NC(=O)[C@@H](N)CCSC)C(=O)N[C@@H](Cc1c[nH]c2ccccc12)C(=O)N[C@@H](CC(C)C)C(=O)N[C@@H](C)C(=O)N[C@H](C(=O)N1CCC[C@H]1C(=O)N[C@H](C(=O)N[C@@H](CC(N)=O)C(=O)N[C@@H](CCCCN)C(=O)N1CCC[C@H]1C(=O)NCC(=O)N[C@@H](CCCN=C(N)N)C(=O)O)C(C)C)[C@@H](C)CC. The number of aromatic nitrogens is 1. The molecule has 2 fully saturated rings. The number of para-hydroxylation sites is 1. The molecule has 0 radical (unpaired) electrons. The smallest absolute Gasteiger partial charge is 0.326 e. The van der Waals surface area contributed by atoms with Crippen LogP contribution >= 0.6 is 11.8 Å². The predicted octanol–water partition coefficient (Wildman–Crippen LogP) is -1.79. The van der Waals surface area contributed by atoms with Crippen molar-refractivity contribution in [3.05, 3.63) is 36.0 Å². The molecule has 105 heavy (non-hydrogen) atoms. The molecule has 1 aromatic heterocycles. The Balaban J connectivity index is 1.48. The first-order valence-electron chi connectivity index (χ1n) is 36.3. The largest absolute Gasteiger partial charge is 0.480 e. The molecule has 14 atom stereocenters. The number of likely N-dealkylation sites (tertiary alicyclic amines) is 2. The zero-order chi connectivity index (χ0) is 78.4. The van der Waals surface area contributed by atoms with Crippen LogP contribution in [0, 0.1) is 23.7 Å². The first-order chi connectivity index (χ1) is 49.7. The summed E-state index contributed by atoms with van der Waals surface area (Å²) in [4.78, 5) is 204. The number of aliphatic carboxylic acids is 1. The van der Waals surface area contributed by atoms with E-state index in [1.807, 2.05) is 51.3 Å². The Labute approximate surface area is 618 Å². The van der Waals surface area contributed by atoms with Gasteiger partial charge in [-0.2, -0.15) is 11.8 Å². The Morgan fingerprint density at radius 2 is 1.17 bits per heavy atom. The van der Waals surface area contributed by atoms with Crippen molar-refractivity contribution >= 4 is 111 Å². The highest BCUT2D eigenvalue weighted by atomic mass is 32.2. The highest BCUT2D eigenvalue weighted by molar-refractivity contribution is 7.98. The van der Waals surface area contributed by atoms with E-state index >= 15 is 0 Å². The number of nitrogens with one attached hydrogen (secondary N) is 11. The number of nitrogens with zero attached hydrogens (tertiary/aromatic N) is 3. The summed E-state index contributed by atoms with van der Waals surface area (Å²) < 4.78 is 0. The summed E-state index contributed by atoms with van der Waals surface area (Å²) in [6.07, 6.45) is 6.13. The van der Waals surface area contributed by atoms with Gasteiger partial charge in [0.15, 0.2) is 5.96 Å². The van der Waals surface area contributed by atoms with E-state index in [2.05, 4.69) is 63.1 Å². The van der Waals surface area contributed by atoms with Crippen LogP contribution in [0.5, 0.6) is 0 Å². The number of fused-ring (bicyclic) bond motifs is 1. The molecule has 13 amide bonds. The minimum absolute atomic E-state index is 0.00448. The van der Waals surface area contributed by atoms with E-state index in [-0.39, 0.29) is 88.9 Å². The van der Waals surface area contributed by atoms with Gasteiger partial charge in [-0.05, 0) is 131 Å². The summed E-state index contributed by atoms with van der Waals surface area (Å²) in [5.41, 5.74) is 29.7. The van der Waals surface area contributed by atoms with Gasteiger partial charge < -0.3 is 102 Å². The molecule has 0 spiro atoms. The highest BCUT2D eigenvalue weighted by Crippen LogP contribution is 2.25. The third kappa shape index (κ3) is 27.7. The van der Waals surface area contributed by atoms with E-state index in [1.54, 1.807) is 40.8 Å². The lowest BCUT2D eigenvalue weighted by molar-refractivity contribution is -0.144. The first-order valence-corrected chi connectivity index (χ1v) is 37.7. The number of benzene rings is 1. The van der Waals surface area contributed by atoms with Crippen molar-refractivity contribution in [2.24, 2.45) is 57.3 Å². The Bertz CT molecular complexity index is 3350. The Kier molecular flexibility index (Phi) is 37.0. The van der Waals surface area contributed by atoms with E-state index < -0.39 is 180 Å². The fourth-order valence-electron chi connectivity index (χ4n) is 12.4. The zero-order valence-corrected chi connectivity index (χ0v) is 63.1. The number of thioether (sulfide) groups is 1. The number of amides is 13. The summed E-state index contributed by atoms with van der Waals surface area (Å²) in [6.45, 7) is 15.3. The molecule has 35 heteroatoms. The maximum Gasteiger partial charge on any atom is 0.326 e. The molecule has 0 saturated carbocycles. The molecule has 586 valence electrons. The molecular formula is C70H115N19O15S. The number of carboxylic acids is 1. The second-order valence-electron chi connectivity index (χ2n) is 28.0. The van der Waals surface area contributed by atoms with Crippen molar-refractivity contribution in [2.75, 3.05) is 44.7 Å². The maximum absolute atomic E-state index is 14.8. The minimum Gasteiger partial charge on any atom is -0.480 e. The summed E-state index contributed by atoms with van der Waals surface area (Å²) in [5, 5.41) is 37.1. The molecule has 2 aliphatic rings. The molecule has 0 unspecified atom stereocenters. The quantitative estimate of drug-likeness (QED) is 0.0198. The van der Waals surface area contributed by atoms with Crippen LogP contribution in [0.4, 0.5) is 0 Å². The van der Waals surface area contributed by atoms with Crippen molar-refractivity contribution in [1.29, 1.82) is 0 Å². The van der Waals surface area contributed by atoms with Gasteiger partial charge >= 0.3 is 5.97 Å². The van der Waals surface area contributed by atoms with Gasteiger partial charge in [-0.3, -0.25) is 67.3 Å². The van der Waals surface area contributed by atoms with Gasteiger partial charge in [0, 0.05) is 43.2 Å². The predicted molar refractivity (Wildman–Crippen MR) is 396 cm³/mol. The molecule has 22 N–H and O–H groups in total. The monoisotopic (exact) mass is 1490 g/mol. The van der Waals surface area contributed by atoms with Gasteiger partial charge in [-0.1, -0.05) is 86.4 Å². The number of hydrogen-bond acceptors (Lipinski definition) is 18. The van der Waals surface area contributed by atoms with Crippen molar-refractivity contribution in [3.63, 3.8) is 0 Å². The van der Waals surface area contributed by atoms with Crippen molar-refractivity contribution in [3.8, 4) is 0 Å². The van der Waals surface area contributed by atoms with Crippen LogP contribution in [-0.2, 0) is 73.5 Å². The van der Waals surface area contributed by atoms with Crippen LogP contribution in [0.2, 0.25) is 0 Å². The number of nitrogens with two attached hydrogens (primary N) is 5. The number of guanidine groups is 1. The topological polar surface area (TPSA) is 544 Å². The number of aromatic amines is 1. The molecule has 0 bridgehead atoms. The van der Waals surface area contributed by atoms with Crippen molar-refractivity contribution < 1.29 is 72.2 Å². The lowest BCUT2D eigenvalue weighted by atomic mass is 9.96. The number of carbonyl (C=O) groups is 14. The Hall–Kier alpha value is -9.12. The lowest BCUT2D eigenvalue weighted by Gasteiger charge is -2.33. The second-order valence-corrected chi connectivity index (χ2v) is 29.0. The summed E-state index contributed by atoms with van der Waals surface area (Å²) in [5.74, 6) is -12.6. The Morgan fingerprint density at radius 3 is 1.77 bits per heavy atom. The molecule has 2 aromatic rings. The molecule has 4 rings (SSSR count). The van der Waals surface area contributed by atoms with Gasteiger partial charge in [0.2, 0.25) is 76.8 Å². The minimum atomic E-state index is -1.70. The summed E-state index contributed by atoms with van der Waals surface area (Å²) in [7, 11) is 0. The van der Waals surface area contributed by atoms with Crippen LogP contribution in [0.1, 0.15) is 158 Å². The summed E-state index contributed by atoms with van der Waals surface area (Å²) >= 11 is 1.53. The van der Waals surface area contributed by atoms with Crippen LogP contribution < -0.4 is 81.8 Å². The number of aliphatic imine (C=N–C) groups is 1. The number of carbonyl (C=O) groups excluding carboxylic acids is 13. The molecular weight excluding hydrogens is 1380 g/mol. The van der Waals surface area contributed by atoms with Crippen LogP contribution in [0.25, 0.3) is 10.9 Å². The van der Waals surface area contributed by atoms with E-state index in [0.29, 0.717) is 56.3 Å². The second kappa shape index (κ2) is 44.0. The molecule has 34 nitrogen and oxygen atoms in total. The van der Waals surface area contributed by atoms with E-state index in [9.17, 15) is 72.2 Å². The van der Waals surface area contributed by atoms with Crippen LogP contribution in [0.15, 0.2) is 35.5 Å². The van der Waals surface area contributed by atoms with Crippen LogP contribution in [0.3, 0.4) is 0 Å². The Morgan fingerprint density at radius 1 is 0.610 bits per heavy atom.